The molecule has 0 spiro atoms. The van der Waals surface area contributed by atoms with Crippen LogP contribution in [0.15, 0.2) is 18.2 Å². The molecule has 1 aromatic carbocycles. The van der Waals surface area contributed by atoms with Crippen LogP contribution < -0.4 is 4.74 Å². The number of piperidine rings is 1. The number of rotatable bonds is 2. The molecule has 2 aliphatic carbocycles. The molecular formula is C18H23NO2. The summed E-state index contributed by atoms with van der Waals surface area (Å²) in [6.07, 6.45) is 7.56. The number of benzene rings is 1. The van der Waals surface area contributed by atoms with Crippen molar-refractivity contribution in [2.75, 3.05) is 13.6 Å². The maximum atomic E-state index is 11.5. The van der Waals surface area contributed by atoms with Gasteiger partial charge < -0.3 is 9.64 Å². The van der Waals surface area contributed by atoms with Crippen LogP contribution >= 0.6 is 0 Å². The first-order valence-electron chi connectivity index (χ1n) is 9.46. The summed E-state index contributed by atoms with van der Waals surface area (Å²) in [4.78, 5) is 13.5. The molecule has 2 fully saturated rings. The topological polar surface area (TPSA) is 29.5 Å². The second kappa shape index (κ2) is 4.75. The molecule has 2 bridgehead atoms. The van der Waals surface area contributed by atoms with E-state index in [1.807, 2.05) is 17.0 Å². The van der Waals surface area contributed by atoms with Crippen LogP contribution in [-0.2, 0) is 16.6 Å². The molecular weight excluding hydrogens is 262 g/mol. The number of ether oxygens (including phenoxy) is 1. The number of methoxy groups -OCH3 is 1. The number of amides is 1. The van der Waals surface area contributed by atoms with Crippen LogP contribution in [0.2, 0.25) is 0 Å². The lowest BCUT2D eigenvalue weighted by Crippen LogP contribution is -2.60. The summed E-state index contributed by atoms with van der Waals surface area (Å²) in [5.41, 5.74) is 2.61. The molecule has 3 atom stereocenters. The predicted octanol–water partition coefficient (Wildman–Crippen LogP) is 2.91. The zero-order valence-electron chi connectivity index (χ0n) is 15.2. The van der Waals surface area contributed by atoms with Crippen LogP contribution in [0, 0.1) is 5.92 Å². The summed E-state index contributed by atoms with van der Waals surface area (Å²) in [7, 11) is -2.42. The van der Waals surface area contributed by atoms with Crippen LogP contribution in [0.4, 0.5) is 0 Å². The average Bonchev–Trinajstić information content (AvgIpc) is 2.54. The third-order valence-electron chi connectivity index (χ3n) is 6.10. The minimum atomic E-state index is -2.42. The first-order chi connectivity index (χ1) is 11.4. The van der Waals surface area contributed by atoms with Gasteiger partial charge in [0.25, 0.3) is 0 Å². The van der Waals surface area contributed by atoms with Gasteiger partial charge in [-0.15, -0.1) is 0 Å². The van der Waals surface area contributed by atoms with Gasteiger partial charge in [0, 0.05) is 18.0 Å². The van der Waals surface area contributed by atoms with Gasteiger partial charge in [0.15, 0.2) is 0 Å². The number of carbonyl (C=O) groups is 1. The summed E-state index contributed by atoms with van der Waals surface area (Å²) in [5.74, 6) is 0.921. The van der Waals surface area contributed by atoms with Crippen LogP contribution in [0.5, 0.6) is 5.75 Å². The Morgan fingerprint density at radius 2 is 2.38 bits per heavy atom. The molecule has 112 valence electrons. The van der Waals surface area contributed by atoms with Crippen molar-refractivity contribution >= 4 is 6.41 Å². The Morgan fingerprint density at radius 3 is 3.24 bits per heavy atom. The van der Waals surface area contributed by atoms with Crippen LogP contribution in [0.25, 0.3) is 0 Å². The van der Waals surface area contributed by atoms with Gasteiger partial charge in [-0.1, -0.05) is 18.9 Å². The highest BCUT2D eigenvalue weighted by molar-refractivity contribution is 5.52. The quantitative estimate of drug-likeness (QED) is 0.783. The van der Waals surface area contributed by atoms with Gasteiger partial charge in [-0.25, -0.2) is 0 Å². The molecule has 4 rings (SSSR count). The highest BCUT2D eigenvalue weighted by atomic mass is 16.5. The number of nitrogens with zero attached hydrogens (tertiary/aromatic N) is 1. The van der Waals surface area contributed by atoms with Gasteiger partial charge in [0.2, 0.25) is 6.41 Å². The van der Waals surface area contributed by atoms with E-state index in [1.165, 1.54) is 24.0 Å². The Labute approximate surface area is 130 Å². The van der Waals surface area contributed by atoms with Crippen molar-refractivity contribution in [3.8, 4) is 5.75 Å². The Kier molecular flexibility index (Phi) is 2.32. The fraction of sp³-hybridized carbons (Fsp3) is 0.611. The van der Waals surface area contributed by atoms with E-state index in [4.69, 9.17) is 8.85 Å². The maximum absolute atomic E-state index is 11.5. The number of likely N-dealkylation sites (tertiary alicyclic amines) is 1. The lowest BCUT2D eigenvalue weighted by atomic mass is 9.52. The average molecular weight is 288 g/mol. The summed E-state index contributed by atoms with van der Waals surface area (Å²) in [5, 5.41) is 0. The normalized spacial score (nSPS) is 36.6. The van der Waals surface area contributed by atoms with E-state index in [1.54, 1.807) is 6.07 Å². The molecule has 3 aliphatic rings. The van der Waals surface area contributed by atoms with Crippen molar-refractivity contribution in [2.24, 2.45) is 5.92 Å². The highest BCUT2D eigenvalue weighted by Crippen LogP contribution is 2.55. The van der Waals surface area contributed by atoms with Gasteiger partial charge in [-0.2, -0.15) is 0 Å². The van der Waals surface area contributed by atoms with Crippen molar-refractivity contribution < 1.29 is 13.6 Å². The van der Waals surface area contributed by atoms with E-state index in [0.717, 1.165) is 38.6 Å². The van der Waals surface area contributed by atoms with Crippen molar-refractivity contribution in [1.29, 1.82) is 0 Å². The van der Waals surface area contributed by atoms with Gasteiger partial charge >= 0.3 is 0 Å². The van der Waals surface area contributed by atoms with Crippen molar-refractivity contribution in [2.45, 2.75) is 50.0 Å². The van der Waals surface area contributed by atoms with E-state index >= 15 is 0 Å². The minimum absolute atomic E-state index is 0.0874. The second-order valence-corrected chi connectivity index (χ2v) is 6.79. The molecule has 0 N–H and O–H groups in total. The summed E-state index contributed by atoms with van der Waals surface area (Å²) < 4.78 is 27.2. The van der Waals surface area contributed by atoms with Crippen molar-refractivity contribution in [3.05, 3.63) is 29.3 Å². The Morgan fingerprint density at radius 1 is 1.43 bits per heavy atom. The van der Waals surface area contributed by atoms with Crippen LogP contribution in [-0.4, -0.2) is 30.9 Å². The van der Waals surface area contributed by atoms with Gasteiger partial charge in [0.05, 0.1) is 11.2 Å². The van der Waals surface area contributed by atoms with Crippen LogP contribution in [0.3, 0.4) is 0 Å². The number of hydrogen-bond acceptors (Lipinski definition) is 2. The Bertz CT molecular complexity index is 660. The number of fused-ring (bicyclic) bond motifs is 1. The third kappa shape index (κ3) is 1.76. The zero-order chi connectivity index (χ0) is 16.9. The monoisotopic (exact) mass is 288 g/mol. The van der Waals surface area contributed by atoms with Gasteiger partial charge in [-0.3, -0.25) is 4.79 Å². The number of hydrogen-bond donors (Lipinski definition) is 0. The SMILES string of the molecule is [2H]C([2H])([2H])Oc1ccc2c(c1)[C@]13CCCC[C@@H]1[C@H](C2)N(C=O)CC3. The van der Waals surface area contributed by atoms with Crippen LogP contribution in [0.1, 0.15) is 47.3 Å². The fourth-order valence-electron chi connectivity index (χ4n) is 5.21. The first kappa shape index (κ1) is 10.3. The lowest BCUT2D eigenvalue weighted by molar-refractivity contribution is -0.126. The van der Waals surface area contributed by atoms with Gasteiger partial charge in [0.1, 0.15) is 5.75 Å². The summed E-state index contributed by atoms with van der Waals surface area (Å²) in [6.45, 7) is 0.800. The van der Waals surface area contributed by atoms with Gasteiger partial charge in [-0.05, 0) is 54.9 Å². The molecule has 21 heavy (non-hydrogen) atoms. The van der Waals surface area contributed by atoms with Crippen molar-refractivity contribution in [1.82, 2.24) is 4.90 Å². The standard InChI is InChI=1S/C18H23NO2/c1-21-14-6-5-13-10-17-15-4-2-3-7-18(15,16(13)11-14)8-9-19(17)12-20/h5-6,11-12,15,17H,2-4,7-10H2,1H3/t15-,17+,18+/m1/s1/i1D3. The molecule has 1 amide bonds. The van der Waals surface area contributed by atoms with Crippen molar-refractivity contribution in [3.63, 3.8) is 0 Å². The molecule has 0 radical (unpaired) electrons. The highest BCUT2D eigenvalue weighted by Gasteiger charge is 2.53. The molecule has 1 saturated carbocycles. The first-order valence-corrected chi connectivity index (χ1v) is 7.96. The Hall–Kier alpha value is -1.51. The van der Waals surface area contributed by atoms with E-state index in [2.05, 4.69) is 0 Å². The maximum Gasteiger partial charge on any atom is 0.209 e. The predicted molar refractivity (Wildman–Crippen MR) is 81.5 cm³/mol. The lowest BCUT2D eigenvalue weighted by Gasteiger charge is -2.58. The van der Waals surface area contributed by atoms with E-state index < -0.39 is 7.04 Å². The fourth-order valence-corrected chi connectivity index (χ4v) is 5.21. The molecule has 1 aromatic rings. The molecule has 1 heterocycles. The third-order valence-corrected chi connectivity index (χ3v) is 6.10. The van der Waals surface area contributed by atoms with E-state index in [9.17, 15) is 4.79 Å². The molecule has 1 aliphatic heterocycles. The van der Waals surface area contributed by atoms with E-state index in [-0.39, 0.29) is 5.41 Å². The molecule has 3 heteroatoms. The summed E-state index contributed by atoms with van der Waals surface area (Å²) in [6, 6.07) is 6.02. The molecule has 1 saturated heterocycles. The molecule has 3 nitrogen and oxygen atoms in total. The van der Waals surface area contributed by atoms with E-state index in [0.29, 0.717) is 17.7 Å². The smallest absolute Gasteiger partial charge is 0.209 e. The largest absolute Gasteiger partial charge is 0.497 e. The molecule has 0 unspecified atom stereocenters. The molecule has 0 aromatic heterocycles. The second-order valence-electron chi connectivity index (χ2n) is 6.79. The zero-order valence-corrected chi connectivity index (χ0v) is 12.2. The Balaban J connectivity index is 1.79. The minimum Gasteiger partial charge on any atom is -0.497 e. The number of carbonyl (C=O) groups excluding carboxylic acids is 1. The summed E-state index contributed by atoms with van der Waals surface area (Å²) >= 11 is 0.